The van der Waals surface area contributed by atoms with E-state index in [-0.39, 0.29) is 0 Å². The predicted octanol–water partition coefficient (Wildman–Crippen LogP) is 1.23. The van der Waals surface area contributed by atoms with Gasteiger partial charge >= 0.3 is 0 Å². The average Bonchev–Trinajstić information content (AvgIpc) is 2.29. The zero-order valence-corrected chi connectivity index (χ0v) is 7.49. The molecular weight excluding hydrogens is 148 g/mol. The molecule has 0 aromatic rings. The Labute approximate surface area is 73.0 Å². The minimum atomic E-state index is 0.370. The fourth-order valence-corrected chi connectivity index (χ4v) is 1.97. The van der Waals surface area contributed by atoms with Crippen LogP contribution < -0.4 is 5.73 Å². The van der Waals surface area contributed by atoms with Gasteiger partial charge in [-0.2, -0.15) is 0 Å². The third-order valence-corrected chi connectivity index (χ3v) is 2.74. The number of rotatable bonds is 0. The molecule has 0 spiro atoms. The van der Waals surface area contributed by atoms with Gasteiger partial charge in [-0.3, -0.25) is 0 Å². The van der Waals surface area contributed by atoms with E-state index in [2.05, 4.69) is 31.0 Å². The van der Waals surface area contributed by atoms with Crippen molar-refractivity contribution < 1.29 is 0 Å². The summed E-state index contributed by atoms with van der Waals surface area (Å²) in [4.78, 5) is 2.24. The van der Waals surface area contributed by atoms with E-state index >= 15 is 0 Å². The number of nitrogens with two attached hydrogens (primary N) is 1. The van der Waals surface area contributed by atoms with Crippen LogP contribution in [0.2, 0.25) is 0 Å². The fourth-order valence-electron chi connectivity index (χ4n) is 1.97. The van der Waals surface area contributed by atoms with Gasteiger partial charge in [0.2, 0.25) is 0 Å². The molecule has 0 saturated heterocycles. The van der Waals surface area contributed by atoms with Crippen LogP contribution in [0.15, 0.2) is 35.7 Å². The summed E-state index contributed by atoms with van der Waals surface area (Å²) in [6, 6.07) is 0.370. The second-order valence-electron chi connectivity index (χ2n) is 3.49. The Hall–Kier alpha value is -1.18. The number of hydrogen-bond acceptors (Lipinski definition) is 2. The Balaban J connectivity index is 2.34. The molecule has 1 heterocycles. The number of fused-ring (bicyclic) bond motifs is 1. The van der Waals surface area contributed by atoms with Gasteiger partial charge in [0.1, 0.15) is 0 Å². The van der Waals surface area contributed by atoms with Gasteiger partial charge in [-0.25, -0.2) is 0 Å². The van der Waals surface area contributed by atoms with Crippen LogP contribution in [-0.4, -0.2) is 18.0 Å². The van der Waals surface area contributed by atoms with Crippen LogP contribution in [0.1, 0.15) is 6.92 Å². The molecule has 0 aromatic carbocycles. The van der Waals surface area contributed by atoms with Gasteiger partial charge in [-0.1, -0.05) is 18.2 Å². The quantitative estimate of drug-likeness (QED) is 0.580. The fraction of sp³-hybridized carbons (Fsp3) is 0.400. The Bertz CT molecular complexity index is 286. The van der Waals surface area contributed by atoms with E-state index in [1.165, 1.54) is 5.70 Å². The summed E-state index contributed by atoms with van der Waals surface area (Å²) in [5.74, 6) is 0.486. The van der Waals surface area contributed by atoms with Crippen molar-refractivity contribution in [3.63, 3.8) is 0 Å². The van der Waals surface area contributed by atoms with Crippen molar-refractivity contribution >= 4 is 0 Å². The molecule has 2 unspecified atom stereocenters. The van der Waals surface area contributed by atoms with Crippen LogP contribution in [0.5, 0.6) is 0 Å². The van der Waals surface area contributed by atoms with E-state index in [1.807, 2.05) is 12.2 Å². The molecule has 0 amide bonds. The third kappa shape index (κ3) is 0.876. The number of hydrogen-bond donors (Lipinski definition) is 1. The Kier molecular flexibility index (Phi) is 1.50. The van der Waals surface area contributed by atoms with E-state index in [9.17, 15) is 0 Å². The molecule has 64 valence electrons. The summed E-state index contributed by atoms with van der Waals surface area (Å²) in [6.07, 6.45) is 8.50. The molecule has 2 atom stereocenters. The summed E-state index contributed by atoms with van der Waals surface area (Å²) >= 11 is 0. The predicted molar refractivity (Wildman–Crippen MR) is 50.2 cm³/mol. The first kappa shape index (κ1) is 7.47. The van der Waals surface area contributed by atoms with Gasteiger partial charge in [0.25, 0.3) is 0 Å². The molecule has 0 aromatic heterocycles. The zero-order chi connectivity index (χ0) is 8.72. The molecular formula is C10H14N2. The molecule has 12 heavy (non-hydrogen) atoms. The molecule has 1 aliphatic carbocycles. The van der Waals surface area contributed by atoms with Gasteiger partial charge in [0.15, 0.2) is 0 Å². The second-order valence-corrected chi connectivity index (χ2v) is 3.49. The molecule has 2 rings (SSSR count). The lowest BCUT2D eigenvalue weighted by molar-refractivity contribution is 0.340. The number of nitrogens with zero attached hydrogens (tertiary/aromatic N) is 1. The summed E-state index contributed by atoms with van der Waals surface area (Å²) in [7, 11) is 2.09. The van der Waals surface area contributed by atoms with Gasteiger partial charge in [0, 0.05) is 24.4 Å². The molecule has 2 N–H and O–H groups in total. The lowest BCUT2D eigenvalue weighted by Gasteiger charge is -2.28. The van der Waals surface area contributed by atoms with Crippen LogP contribution >= 0.6 is 0 Å². The molecule has 1 aliphatic heterocycles. The van der Waals surface area contributed by atoms with Crippen LogP contribution in [0.25, 0.3) is 0 Å². The summed E-state index contributed by atoms with van der Waals surface area (Å²) < 4.78 is 0. The van der Waals surface area contributed by atoms with Crippen molar-refractivity contribution in [3.8, 4) is 0 Å². The Morgan fingerprint density at radius 2 is 2.25 bits per heavy atom. The third-order valence-electron chi connectivity index (χ3n) is 2.74. The number of likely N-dealkylation sites (N-methyl/N-ethyl adjacent to an activating group) is 1. The van der Waals surface area contributed by atoms with Crippen LogP contribution in [-0.2, 0) is 0 Å². The van der Waals surface area contributed by atoms with Crippen LogP contribution in [0.3, 0.4) is 0 Å². The van der Waals surface area contributed by atoms with Crippen molar-refractivity contribution in [1.29, 1.82) is 0 Å². The maximum Gasteiger partial charge on any atom is 0.0777 e. The van der Waals surface area contributed by atoms with Crippen molar-refractivity contribution in [2.24, 2.45) is 11.7 Å². The van der Waals surface area contributed by atoms with Gasteiger partial charge in [0.05, 0.1) is 6.04 Å². The normalized spacial score (nSPS) is 33.0. The summed E-state index contributed by atoms with van der Waals surface area (Å²) in [6.45, 7) is 2.12. The highest BCUT2D eigenvalue weighted by Gasteiger charge is 2.31. The van der Waals surface area contributed by atoms with E-state index in [1.54, 1.807) is 0 Å². The lowest BCUT2D eigenvalue weighted by Crippen LogP contribution is -2.35. The van der Waals surface area contributed by atoms with E-state index < -0.39 is 0 Å². The minimum Gasteiger partial charge on any atom is -0.400 e. The first-order valence-corrected chi connectivity index (χ1v) is 4.25. The molecule has 2 heteroatoms. The minimum absolute atomic E-state index is 0.370. The van der Waals surface area contributed by atoms with Crippen molar-refractivity contribution in [3.05, 3.63) is 35.7 Å². The summed E-state index contributed by atoms with van der Waals surface area (Å²) in [5.41, 5.74) is 8.19. The first-order chi connectivity index (χ1) is 5.70. The van der Waals surface area contributed by atoms with E-state index in [0.717, 1.165) is 5.70 Å². The van der Waals surface area contributed by atoms with E-state index in [4.69, 9.17) is 5.73 Å². The maximum atomic E-state index is 5.91. The molecule has 0 fully saturated rings. The van der Waals surface area contributed by atoms with Gasteiger partial charge in [-0.05, 0) is 13.0 Å². The van der Waals surface area contributed by atoms with Crippen molar-refractivity contribution in [2.45, 2.75) is 13.0 Å². The smallest absolute Gasteiger partial charge is 0.0777 e. The van der Waals surface area contributed by atoms with Crippen LogP contribution in [0, 0.1) is 5.92 Å². The van der Waals surface area contributed by atoms with Crippen molar-refractivity contribution in [1.82, 2.24) is 4.90 Å². The number of allylic oxidation sites excluding steroid dienone is 3. The summed E-state index contributed by atoms with van der Waals surface area (Å²) in [5, 5.41) is 0. The molecule has 0 radical (unpaired) electrons. The topological polar surface area (TPSA) is 29.3 Å². The Morgan fingerprint density at radius 3 is 2.92 bits per heavy atom. The lowest BCUT2D eigenvalue weighted by atomic mass is 9.94. The van der Waals surface area contributed by atoms with Gasteiger partial charge in [-0.15, -0.1) is 0 Å². The second kappa shape index (κ2) is 2.41. The molecule has 0 saturated carbocycles. The van der Waals surface area contributed by atoms with Gasteiger partial charge < -0.3 is 10.6 Å². The Morgan fingerprint density at radius 1 is 1.50 bits per heavy atom. The molecule has 2 aliphatic rings. The SMILES string of the molecule is CC1=CC2C=CC=C(N)C2N1C. The van der Waals surface area contributed by atoms with Crippen LogP contribution in [0.4, 0.5) is 0 Å². The largest absolute Gasteiger partial charge is 0.400 e. The highest BCUT2D eigenvalue weighted by molar-refractivity contribution is 5.33. The molecule has 0 bridgehead atoms. The molecule has 2 nitrogen and oxygen atoms in total. The van der Waals surface area contributed by atoms with E-state index in [0.29, 0.717) is 12.0 Å². The highest BCUT2D eigenvalue weighted by Crippen LogP contribution is 2.31. The monoisotopic (exact) mass is 162 g/mol. The highest BCUT2D eigenvalue weighted by atomic mass is 15.2. The van der Waals surface area contributed by atoms with Crippen molar-refractivity contribution in [2.75, 3.05) is 7.05 Å². The zero-order valence-electron chi connectivity index (χ0n) is 7.49. The average molecular weight is 162 g/mol. The maximum absolute atomic E-state index is 5.91. The first-order valence-electron chi connectivity index (χ1n) is 4.25. The standard InChI is InChI=1S/C10H14N2/c1-7-6-8-4-3-5-9(11)10(8)12(7)2/h3-6,8,10H,11H2,1-2H3.